The lowest BCUT2D eigenvalue weighted by Gasteiger charge is -2.31. The molecular formula is C18H27N3O2. The van der Waals surface area contributed by atoms with Gasteiger partial charge >= 0.3 is 0 Å². The van der Waals surface area contributed by atoms with Crippen LogP contribution >= 0.6 is 0 Å². The highest BCUT2D eigenvalue weighted by Crippen LogP contribution is 2.21. The summed E-state index contributed by atoms with van der Waals surface area (Å²) in [6.07, 6.45) is 1.15. The summed E-state index contributed by atoms with van der Waals surface area (Å²) in [5.41, 5.74) is 0.720. The monoisotopic (exact) mass is 317 g/mol. The van der Waals surface area contributed by atoms with E-state index in [0.717, 1.165) is 57.0 Å². The Hall–Kier alpha value is -1.43. The maximum atomic E-state index is 12.7. The molecule has 2 fully saturated rings. The average Bonchev–Trinajstić information content (AvgIpc) is 3.09. The molecule has 3 rings (SSSR count). The van der Waals surface area contributed by atoms with Crippen molar-refractivity contribution < 1.29 is 9.53 Å². The Bertz CT molecular complexity index is 521. The molecule has 126 valence electrons. The lowest BCUT2D eigenvalue weighted by molar-refractivity contribution is 0.0872. The van der Waals surface area contributed by atoms with Gasteiger partial charge in [-0.2, -0.15) is 0 Å². The van der Waals surface area contributed by atoms with Gasteiger partial charge in [-0.15, -0.1) is 0 Å². The predicted octanol–water partition coefficient (Wildman–Crippen LogP) is 1.10. The molecule has 0 aromatic heterocycles. The standard InChI is InChI=1S/C18H27N3O2/c1-20-8-10-21(11-9-20)13-17(22)16-4-2-3-5-18(16)23-14-15-6-7-19-12-15/h2-5,15,19H,6-14H2,1H3. The maximum absolute atomic E-state index is 12.7. The van der Waals surface area contributed by atoms with E-state index in [4.69, 9.17) is 4.74 Å². The second-order valence-corrected chi connectivity index (χ2v) is 6.67. The zero-order chi connectivity index (χ0) is 16.1. The maximum Gasteiger partial charge on any atom is 0.180 e. The van der Waals surface area contributed by atoms with E-state index in [1.807, 2.05) is 24.3 Å². The van der Waals surface area contributed by atoms with Crippen molar-refractivity contribution in [1.29, 1.82) is 0 Å². The summed E-state index contributed by atoms with van der Waals surface area (Å²) in [4.78, 5) is 17.2. The minimum Gasteiger partial charge on any atom is -0.492 e. The number of hydrogen-bond acceptors (Lipinski definition) is 5. The van der Waals surface area contributed by atoms with E-state index in [1.165, 1.54) is 0 Å². The number of ether oxygens (including phenoxy) is 1. The number of carbonyl (C=O) groups excluding carboxylic acids is 1. The van der Waals surface area contributed by atoms with Gasteiger partial charge in [0, 0.05) is 38.6 Å². The molecule has 0 saturated carbocycles. The first kappa shape index (κ1) is 16.4. The second-order valence-electron chi connectivity index (χ2n) is 6.67. The Labute approximate surface area is 138 Å². The van der Waals surface area contributed by atoms with Crippen LogP contribution < -0.4 is 10.1 Å². The third kappa shape index (κ3) is 4.53. The van der Waals surface area contributed by atoms with E-state index in [1.54, 1.807) is 0 Å². The van der Waals surface area contributed by atoms with E-state index in [9.17, 15) is 4.79 Å². The van der Waals surface area contributed by atoms with Gasteiger partial charge in [0.05, 0.1) is 18.7 Å². The predicted molar refractivity (Wildman–Crippen MR) is 91.2 cm³/mol. The van der Waals surface area contributed by atoms with E-state index >= 15 is 0 Å². The lowest BCUT2D eigenvalue weighted by atomic mass is 10.1. The van der Waals surface area contributed by atoms with Crippen LogP contribution in [0.15, 0.2) is 24.3 Å². The third-order valence-corrected chi connectivity index (χ3v) is 4.79. The minimum atomic E-state index is 0.162. The van der Waals surface area contributed by atoms with E-state index in [2.05, 4.69) is 22.2 Å². The summed E-state index contributed by atoms with van der Waals surface area (Å²) in [6, 6.07) is 7.66. The molecule has 1 N–H and O–H groups in total. The number of para-hydroxylation sites is 1. The van der Waals surface area contributed by atoms with Crippen molar-refractivity contribution in [2.24, 2.45) is 5.92 Å². The Balaban J connectivity index is 1.58. The molecule has 2 aliphatic heterocycles. The van der Waals surface area contributed by atoms with Gasteiger partial charge in [0.15, 0.2) is 5.78 Å². The number of nitrogens with one attached hydrogen (secondary N) is 1. The highest BCUT2D eigenvalue weighted by Gasteiger charge is 2.20. The number of likely N-dealkylation sites (N-methyl/N-ethyl adjacent to an activating group) is 1. The van der Waals surface area contributed by atoms with Crippen LogP contribution in [0.1, 0.15) is 16.8 Å². The summed E-state index contributed by atoms with van der Waals surface area (Å²) >= 11 is 0. The fourth-order valence-corrected chi connectivity index (χ4v) is 3.18. The van der Waals surface area contributed by atoms with E-state index < -0.39 is 0 Å². The van der Waals surface area contributed by atoms with E-state index in [-0.39, 0.29) is 5.78 Å². The molecule has 1 aromatic carbocycles. The molecule has 5 nitrogen and oxygen atoms in total. The number of ketones is 1. The van der Waals surface area contributed by atoms with Gasteiger partial charge in [-0.05, 0) is 32.1 Å². The first-order valence-electron chi connectivity index (χ1n) is 8.59. The first-order chi connectivity index (χ1) is 11.2. The van der Waals surface area contributed by atoms with Crippen molar-refractivity contribution in [2.75, 3.05) is 59.5 Å². The number of benzene rings is 1. The topological polar surface area (TPSA) is 44.8 Å². The fourth-order valence-electron chi connectivity index (χ4n) is 3.18. The largest absolute Gasteiger partial charge is 0.492 e. The number of rotatable bonds is 6. The first-order valence-corrected chi connectivity index (χ1v) is 8.59. The summed E-state index contributed by atoms with van der Waals surface area (Å²) in [7, 11) is 2.13. The zero-order valence-electron chi connectivity index (χ0n) is 14.0. The van der Waals surface area contributed by atoms with Gasteiger partial charge in [-0.1, -0.05) is 12.1 Å². The van der Waals surface area contributed by atoms with Crippen molar-refractivity contribution in [3.8, 4) is 5.75 Å². The third-order valence-electron chi connectivity index (χ3n) is 4.79. The van der Waals surface area contributed by atoms with Crippen LogP contribution in [0.25, 0.3) is 0 Å². The SMILES string of the molecule is CN1CCN(CC(=O)c2ccccc2OCC2CCNC2)CC1. The molecule has 2 aliphatic rings. The summed E-state index contributed by atoms with van der Waals surface area (Å²) in [6.45, 7) is 7.22. The molecule has 0 bridgehead atoms. The Morgan fingerprint density at radius 2 is 2.04 bits per heavy atom. The Kier molecular flexibility index (Phi) is 5.65. The van der Waals surface area contributed by atoms with Gasteiger partial charge in [0.1, 0.15) is 5.75 Å². The molecule has 0 amide bonds. The van der Waals surface area contributed by atoms with Crippen molar-refractivity contribution in [2.45, 2.75) is 6.42 Å². The molecule has 1 unspecified atom stereocenters. The normalized spacial score (nSPS) is 23.1. The number of piperazine rings is 1. The van der Waals surface area contributed by atoms with Gasteiger partial charge in [-0.3, -0.25) is 9.69 Å². The van der Waals surface area contributed by atoms with Crippen LogP contribution in [0.2, 0.25) is 0 Å². The highest BCUT2D eigenvalue weighted by molar-refractivity contribution is 6.00. The lowest BCUT2D eigenvalue weighted by Crippen LogP contribution is -2.46. The van der Waals surface area contributed by atoms with Gasteiger partial charge in [0.25, 0.3) is 0 Å². The van der Waals surface area contributed by atoms with Crippen LogP contribution in [0, 0.1) is 5.92 Å². The van der Waals surface area contributed by atoms with Crippen LogP contribution in [0.3, 0.4) is 0 Å². The number of Topliss-reactive ketones (excluding diaryl/α,β-unsaturated/α-hetero) is 1. The molecule has 0 aliphatic carbocycles. The zero-order valence-corrected chi connectivity index (χ0v) is 14.0. The fraction of sp³-hybridized carbons (Fsp3) is 0.611. The Morgan fingerprint density at radius 1 is 1.26 bits per heavy atom. The van der Waals surface area contributed by atoms with Crippen molar-refractivity contribution >= 4 is 5.78 Å². The summed E-state index contributed by atoms with van der Waals surface area (Å²) in [5.74, 6) is 1.45. The van der Waals surface area contributed by atoms with Gasteiger partial charge in [0.2, 0.25) is 0 Å². The average molecular weight is 317 g/mol. The molecular weight excluding hydrogens is 290 g/mol. The van der Waals surface area contributed by atoms with Crippen LogP contribution in [-0.4, -0.2) is 75.1 Å². The second kappa shape index (κ2) is 7.90. The van der Waals surface area contributed by atoms with Crippen molar-refractivity contribution in [3.05, 3.63) is 29.8 Å². The molecule has 5 heteroatoms. The smallest absolute Gasteiger partial charge is 0.180 e. The minimum absolute atomic E-state index is 0.162. The van der Waals surface area contributed by atoms with Gasteiger partial charge < -0.3 is 15.0 Å². The molecule has 1 atom stereocenters. The number of carbonyl (C=O) groups is 1. The van der Waals surface area contributed by atoms with Crippen molar-refractivity contribution in [1.82, 2.24) is 15.1 Å². The number of hydrogen-bond donors (Lipinski definition) is 1. The molecule has 1 aromatic rings. The molecule has 23 heavy (non-hydrogen) atoms. The Morgan fingerprint density at radius 3 is 2.78 bits per heavy atom. The van der Waals surface area contributed by atoms with Gasteiger partial charge in [-0.25, -0.2) is 0 Å². The highest BCUT2D eigenvalue weighted by atomic mass is 16.5. The van der Waals surface area contributed by atoms with E-state index in [0.29, 0.717) is 19.1 Å². The molecule has 0 radical (unpaired) electrons. The van der Waals surface area contributed by atoms with Crippen molar-refractivity contribution in [3.63, 3.8) is 0 Å². The summed E-state index contributed by atoms with van der Waals surface area (Å²) < 4.78 is 5.96. The number of nitrogens with zero attached hydrogens (tertiary/aromatic N) is 2. The molecule has 2 heterocycles. The van der Waals surface area contributed by atoms with Crippen LogP contribution in [0.4, 0.5) is 0 Å². The summed E-state index contributed by atoms with van der Waals surface area (Å²) in [5, 5.41) is 3.35. The quantitative estimate of drug-likeness (QED) is 0.796. The molecule has 2 saturated heterocycles. The van der Waals surface area contributed by atoms with Crippen LogP contribution in [-0.2, 0) is 0 Å². The van der Waals surface area contributed by atoms with Crippen LogP contribution in [0.5, 0.6) is 5.75 Å². The molecule has 0 spiro atoms.